The van der Waals surface area contributed by atoms with E-state index in [0.717, 1.165) is 16.8 Å². The van der Waals surface area contributed by atoms with Crippen LogP contribution in [-0.2, 0) is 0 Å². The van der Waals surface area contributed by atoms with E-state index in [4.69, 9.17) is 4.42 Å². The van der Waals surface area contributed by atoms with Crippen LogP contribution in [0.4, 0.5) is 5.69 Å². The molecule has 4 aromatic rings. The number of aryl methyl sites for hydroxylation is 1. The van der Waals surface area contributed by atoms with E-state index in [1.807, 2.05) is 61.5 Å². The Hall–Kier alpha value is -3.66. The van der Waals surface area contributed by atoms with Gasteiger partial charge < -0.3 is 4.42 Å². The zero-order valence-electron chi connectivity index (χ0n) is 15.3. The number of nitrogens with zero attached hydrogens (tertiary/aromatic N) is 1. The van der Waals surface area contributed by atoms with Crippen molar-refractivity contribution < 1.29 is 9.21 Å². The predicted octanol–water partition coefficient (Wildman–Crippen LogP) is 4.85. The van der Waals surface area contributed by atoms with Gasteiger partial charge in [0, 0.05) is 5.69 Å². The van der Waals surface area contributed by atoms with E-state index < -0.39 is 6.04 Å². The molecular formula is C24H17NO3. The summed E-state index contributed by atoms with van der Waals surface area (Å²) in [7, 11) is 0. The van der Waals surface area contributed by atoms with Crippen LogP contribution < -0.4 is 10.3 Å². The Morgan fingerprint density at radius 2 is 1.50 bits per heavy atom. The first-order valence-corrected chi connectivity index (χ1v) is 9.16. The minimum atomic E-state index is -0.522. The molecule has 1 aliphatic rings. The normalized spacial score (nSPS) is 15.8. The highest BCUT2D eigenvalue weighted by Crippen LogP contribution is 2.41. The fourth-order valence-electron chi connectivity index (χ4n) is 3.84. The molecule has 1 amide bonds. The largest absolute Gasteiger partial charge is 0.450 e. The Kier molecular flexibility index (Phi) is 3.66. The van der Waals surface area contributed by atoms with Gasteiger partial charge in [0.05, 0.1) is 17.0 Å². The number of hydrogen-bond acceptors (Lipinski definition) is 3. The summed E-state index contributed by atoms with van der Waals surface area (Å²) in [4.78, 5) is 28.3. The second kappa shape index (κ2) is 6.20. The van der Waals surface area contributed by atoms with Crippen molar-refractivity contribution in [2.75, 3.05) is 4.90 Å². The molecule has 0 radical (unpaired) electrons. The molecule has 136 valence electrons. The zero-order valence-corrected chi connectivity index (χ0v) is 15.3. The van der Waals surface area contributed by atoms with E-state index in [0.29, 0.717) is 16.5 Å². The van der Waals surface area contributed by atoms with E-state index in [1.165, 1.54) is 0 Å². The van der Waals surface area contributed by atoms with E-state index in [2.05, 4.69) is 0 Å². The number of hydrogen-bond donors (Lipinski definition) is 0. The van der Waals surface area contributed by atoms with Crippen molar-refractivity contribution in [3.8, 4) is 0 Å². The molecule has 0 fully saturated rings. The quantitative estimate of drug-likeness (QED) is 0.509. The molecule has 0 saturated carbocycles. The first kappa shape index (κ1) is 16.5. The molecule has 4 nitrogen and oxygen atoms in total. The van der Waals surface area contributed by atoms with Crippen LogP contribution in [0.1, 0.15) is 33.3 Å². The molecule has 1 aromatic heterocycles. The standard InChI is InChI=1S/C24H17NO3/c1-15-11-13-16(14-12-15)21-20-22(26)18-9-5-6-10-19(18)28-23(20)24(27)25(21)17-7-3-2-4-8-17/h2-14,21H,1H3. The number of para-hydroxylation sites is 2. The highest BCUT2D eigenvalue weighted by atomic mass is 16.3. The second-order valence-electron chi connectivity index (χ2n) is 6.99. The third kappa shape index (κ3) is 2.38. The van der Waals surface area contributed by atoms with Gasteiger partial charge in [-0.05, 0) is 36.8 Å². The van der Waals surface area contributed by atoms with E-state index in [-0.39, 0.29) is 17.1 Å². The lowest BCUT2D eigenvalue weighted by Crippen LogP contribution is -2.29. The maximum absolute atomic E-state index is 13.4. The molecule has 0 bridgehead atoms. The summed E-state index contributed by atoms with van der Waals surface area (Å²) in [5, 5.41) is 0.487. The lowest BCUT2D eigenvalue weighted by molar-refractivity contribution is 0.0971. The molecule has 4 heteroatoms. The van der Waals surface area contributed by atoms with Crippen LogP contribution in [0, 0.1) is 6.92 Å². The van der Waals surface area contributed by atoms with Crippen molar-refractivity contribution in [3.63, 3.8) is 0 Å². The van der Waals surface area contributed by atoms with Crippen molar-refractivity contribution in [2.24, 2.45) is 0 Å². The first-order chi connectivity index (χ1) is 13.6. The molecule has 5 rings (SSSR count). The third-order valence-electron chi connectivity index (χ3n) is 5.21. The highest BCUT2D eigenvalue weighted by molar-refractivity contribution is 6.10. The minimum absolute atomic E-state index is 0.123. The molecule has 0 saturated heterocycles. The molecule has 1 aliphatic heterocycles. The van der Waals surface area contributed by atoms with E-state index in [1.54, 1.807) is 29.2 Å². The van der Waals surface area contributed by atoms with Crippen molar-refractivity contribution in [1.82, 2.24) is 0 Å². The van der Waals surface area contributed by atoms with Gasteiger partial charge in [-0.2, -0.15) is 0 Å². The maximum atomic E-state index is 13.4. The van der Waals surface area contributed by atoms with Crippen LogP contribution in [0.3, 0.4) is 0 Å². The molecule has 1 unspecified atom stereocenters. The van der Waals surface area contributed by atoms with Gasteiger partial charge in [0.25, 0.3) is 5.91 Å². The van der Waals surface area contributed by atoms with Gasteiger partial charge in [-0.25, -0.2) is 0 Å². The Morgan fingerprint density at radius 1 is 0.821 bits per heavy atom. The van der Waals surface area contributed by atoms with E-state index in [9.17, 15) is 9.59 Å². The van der Waals surface area contributed by atoms with Gasteiger partial charge in [-0.3, -0.25) is 14.5 Å². The number of anilines is 1. The fourth-order valence-corrected chi connectivity index (χ4v) is 3.84. The van der Waals surface area contributed by atoms with Gasteiger partial charge in [0.1, 0.15) is 5.58 Å². The minimum Gasteiger partial charge on any atom is -0.450 e. The number of benzene rings is 3. The SMILES string of the molecule is Cc1ccc(C2c3c(oc4ccccc4c3=O)C(=O)N2c2ccccc2)cc1. The summed E-state index contributed by atoms with van der Waals surface area (Å²) in [5.74, 6) is -0.173. The van der Waals surface area contributed by atoms with Gasteiger partial charge in [-0.15, -0.1) is 0 Å². The summed E-state index contributed by atoms with van der Waals surface area (Å²) in [6.45, 7) is 2.01. The average Bonchev–Trinajstić information content (AvgIpc) is 3.02. The number of fused-ring (bicyclic) bond motifs is 2. The van der Waals surface area contributed by atoms with Gasteiger partial charge in [-0.1, -0.05) is 60.2 Å². The summed E-state index contributed by atoms with van der Waals surface area (Å²) >= 11 is 0. The predicted molar refractivity (Wildman–Crippen MR) is 109 cm³/mol. The molecular weight excluding hydrogens is 350 g/mol. The highest BCUT2D eigenvalue weighted by Gasteiger charge is 2.43. The van der Waals surface area contributed by atoms with Crippen LogP contribution in [0.25, 0.3) is 11.0 Å². The lowest BCUT2D eigenvalue weighted by atomic mass is 9.97. The molecule has 0 N–H and O–H groups in total. The number of rotatable bonds is 2. The number of amides is 1. The van der Waals surface area contributed by atoms with Gasteiger partial charge >= 0.3 is 0 Å². The molecule has 0 spiro atoms. The average molecular weight is 367 g/mol. The monoisotopic (exact) mass is 367 g/mol. The van der Waals surface area contributed by atoms with Crippen molar-refractivity contribution in [1.29, 1.82) is 0 Å². The summed E-state index contributed by atoms with van der Waals surface area (Å²) in [5.41, 5.74) is 3.39. The van der Waals surface area contributed by atoms with Crippen LogP contribution in [0.15, 0.2) is 88.1 Å². The van der Waals surface area contributed by atoms with E-state index >= 15 is 0 Å². The molecule has 28 heavy (non-hydrogen) atoms. The van der Waals surface area contributed by atoms with Crippen molar-refractivity contribution in [3.05, 3.63) is 112 Å². The summed E-state index contributed by atoms with van der Waals surface area (Å²) in [6, 6.07) is 23.8. The Labute approximate surface area is 161 Å². The Morgan fingerprint density at radius 3 is 2.25 bits per heavy atom. The fraction of sp³-hybridized carbons (Fsp3) is 0.0833. The maximum Gasteiger partial charge on any atom is 0.295 e. The smallest absolute Gasteiger partial charge is 0.295 e. The topological polar surface area (TPSA) is 50.5 Å². The zero-order chi connectivity index (χ0) is 19.3. The number of carbonyl (C=O) groups excluding carboxylic acids is 1. The summed E-state index contributed by atoms with van der Waals surface area (Å²) in [6.07, 6.45) is 0. The third-order valence-corrected chi connectivity index (χ3v) is 5.21. The lowest BCUT2D eigenvalue weighted by Gasteiger charge is -2.25. The summed E-state index contributed by atoms with van der Waals surface area (Å²) < 4.78 is 5.93. The Balaban J connectivity index is 1.83. The van der Waals surface area contributed by atoms with Crippen LogP contribution in [0.5, 0.6) is 0 Å². The van der Waals surface area contributed by atoms with Crippen LogP contribution in [0.2, 0.25) is 0 Å². The van der Waals surface area contributed by atoms with Crippen molar-refractivity contribution >= 4 is 22.6 Å². The van der Waals surface area contributed by atoms with Gasteiger partial charge in [0.2, 0.25) is 5.76 Å². The van der Waals surface area contributed by atoms with Crippen molar-refractivity contribution in [2.45, 2.75) is 13.0 Å². The molecule has 3 aromatic carbocycles. The van der Waals surface area contributed by atoms with Crippen LogP contribution >= 0.6 is 0 Å². The second-order valence-corrected chi connectivity index (χ2v) is 6.99. The number of carbonyl (C=O) groups is 1. The van der Waals surface area contributed by atoms with Crippen LogP contribution in [-0.4, -0.2) is 5.91 Å². The Bertz CT molecular complexity index is 1260. The molecule has 2 heterocycles. The van der Waals surface area contributed by atoms with Gasteiger partial charge in [0.15, 0.2) is 5.43 Å². The molecule has 0 aliphatic carbocycles. The molecule has 1 atom stereocenters. The first-order valence-electron chi connectivity index (χ1n) is 9.16.